The minimum atomic E-state index is -1.50. The van der Waals surface area contributed by atoms with Crippen LogP contribution in [0.5, 0.6) is 0 Å². The maximum Gasteiger partial charge on any atom is 0.342 e. The van der Waals surface area contributed by atoms with E-state index in [2.05, 4.69) is 15.4 Å². The highest BCUT2D eigenvalue weighted by Gasteiger charge is 2.36. The normalized spacial score (nSPS) is 17.1. The minimum Gasteiger partial charge on any atom is -0.480 e. The summed E-state index contributed by atoms with van der Waals surface area (Å²) in [6, 6.07) is 11.8. The Morgan fingerprint density at radius 3 is 2.47 bits per heavy atom. The highest BCUT2D eigenvalue weighted by Crippen LogP contribution is 2.30. The van der Waals surface area contributed by atoms with Crippen molar-refractivity contribution in [2.75, 3.05) is 13.1 Å². The van der Waals surface area contributed by atoms with Gasteiger partial charge in [0.25, 0.3) is 0 Å². The molecule has 5 rings (SSSR count). The molecule has 0 spiro atoms. The van der Waals surface area contributed by atoms with Crippen LogP contribution in [-0.4, -0.2) is 55.9 Å². The Kier molecular flexibility index (Phi) is 6.43. The quantitative estimate of drug-likeness (QED) is 0.434. The number of carbonyl (C=O) groups is 2. The number of para-hydroxylation sites is 1. The van der Waals surface area contributed by atoms with Crippen LogP contribution in [0.25, 0.3) is 22.2 Å². The lowest BCUT2D eigenvalue weighted by Gasteiger charge is -2.36. The third-order valence-corrected chi connectivity index (χ3v) is 6.39. The van der Waals surface area contributed by atoms with E-state index in [-0.39, 0.29) is 6.54 Å². The molecule has 0 radical (unpaired) electrons. The highest BCUT2D eigenvalue weighted by molar-refractivity contribution is 5.98. The van der Waals surface area contributed by atoms with E-state index in [9.17, 15) is 23.5 Å². The fourth-order valence-corrected chi connectivity index (χ4v) is 4.77. The van der Waals surface area contributed by atoms with Crippen molar-refractivity contribution in [2.45, 2.75) is 24.9 Å². The number of amides is 1. The van der Waals surface area contributed by atoms with Crippen LogP contribution in [0.4, 0.5) is 13.6 Å². The summed E-state index contributed by atoms with van der Waals surface area (Å²) in [6.07, 6.45) is 4.44. The van der Waals surface area contributed by atoms with E-state index < -0.39 is 41.3 Å². The second kappa shape index (κ2) is 9.82. The van der Waals surface area contributed by atoms with Crippen LogP contribution in [0, 0.1) is 11.6 Å². The Labute approximate surface area is 205 Å². The first-order valence-corrected chi connectivity index (χ1v) is 11.5. The molecule has 1 aliphatic heterocycles. The second-order valence-corrected chi connectivity index (χ2v) is 8.67. The van der Waals surface area contributed by atoms with Crippen molar-refractivity contribution in [3.63, 3.8) is 0 Å². The zero-order chi connectivity index (χ0) is 25.2. The number of pyridine rings is 1. The molecule has 2 aromatic carbocycles. The molecule has 10 heteroatoms. The Balaban J connectivity index is 1.40. The van der Waals surface area contributed by atoms with E-state index in [0.29, 0.717) is 30.6 Å². The lowest BCUT2D eigenvalue weighted by atomic mass is 9.98. The number of rotatable bonds is 5. The third-order valence-electron chi connectivity index (χ3n) is 6.39. The molecule has 1 aliphatic rings. The van der Waals surface area contributed by atoms with Crippen LogP contribution in [0.3, 0.4) is 0 Å². The first-order chi connectivity index (χ1) is 17.4. The van der Waals surface area contributed by atoms with E-state index in [4.69, 9.17) is 0 Å². The van der Waals surface area contributed by atoms with Gasteiger partial charge < -0.3 is 10.4 Å². The van der Waals surface area contributed by atoms with Crippen LogP contribution >= 0.6 is 0 Å². The summed E-state index contributed by atoms with van der Waals surface area (Å²) in [7, 11) is 0. The number of carboxylic acids is 1. The first-order valence-electron chi connectivity index (χ1n) is 11.5. The molecule has 3 heterocycles. The first kappa shape index (κ1) is 23.6. The summed E-state index contributed by atoms with van der Waals surface area (Å²) in [6.45, 7) is 0.445. The number of nitrogens with one attached hydrogen (secondary N) is 1. The number of halogens is 2. The summed E-state index contributed by atoms with van der Waals surface area (Å²) in [4.78, 5) is 30.9. The summed E-state index contributed by atoms with van der Waals surface area (Å²) >= 11 is 0. The van der Waals surface area contributed by atoms with Crippen LogP contribution in [0.15, 0.2) is 67.0 Å². The van der Waals surface area contributed by atoms with Crippen LogP contribution in [0.1, 0.15) is 24.4 Å². The molecule has 4 aromatic rings. The minimum absolute atomic E-state index is 0.118. The summed E-state index contributed by atoms with van der Waals surface area (Å²) in [5.41, 5.74) is 1.56. The number of fused-ring (bicyclic) bond motifs is 1. The third kappa shape index (κ3) is 4.42. The fraction of sp³-hybridized carbons (Fsp3) is 0.231. The number of aromatic nitrogens is 3. The molecule has 2 unspecified atom stereocenters. The van der Waals surface area contributed by atoms with Crippen LogP contribution in [-0.2, 0) is 4.79 Å². The molecule has 1 saturated heterocycles. The molecule has 8 nitrogen and oxygen atoms in total. The molecule has 1 fully saturated rings. The average Bonchev–Trinajstić information content (AvgIpc) is 3.27. The van der Waals surface area contributed by atoms with Gasteiger partial charge in [-0.15, -0.1) is 0 Å². The Morgan fingerprint density at radius 2 is 1.75 bits per heavy atom. The number of carboxylic acid groups (broad SMARTS) is 1. The van der Waals surface area contributed by atoms with Gasteiger partial charge in [0.2, 0.25) is 0 Å². The standard InChI is InChI=1S/C26H23F2N5O3/c27-19-7-3-8-20(28)22(19)24(25(34)35)32-14-4-5-17(15-32)30-26(36)33-21-9-2-1-6-18(21)23(31-33)16-10-12-29-13-11-16/h1-3,6-13,17,24H,4-5,14-15H2,(H,30,36)(H,34,35). The Morgan fingerprint density at radius 1 is 1.03 bits per heavy atom. The maximum atomic E-state index is 14.4. The lowest BCUT2D eigenvalue weighted by molar-refractivity contribution is -0.144. The topological polar surface area (TPSA) is 100 Å². The van der Waals surface area contributed by atoms with Gasteiger partial charge in [0.15, 0.2) is 0 Å². The molecule has 1 amide bonds. The molecule has 0 aliphatic carbocycles. The second-order valence-electron chi connectivity index (χ2n) is 8.67. The van der Waals surface area contributed by atoms with Gasteiger partial charge in [0.05, 0.1) is 11.1 Å². The van der Waals surface area contributed by atoms with Crippen molar-refractivity contribution in [2.24, 2.45) is 0 Å². The fourth-order valence-electron chi connectivity index (χ4n) is 4.77. The van der Waals surface area contributed by atoms with E-state index in [1.807, 2.05) is 30.3 Å². The molecule has 2 aromatic heterocycles. The molecule has 0 bridgehead atoms. The van der Waals surface area contributed by atoms with Crippen LogP contribution in [0.2, 0.25) is 0 Å². The number of benzene rings is 2. The molecule has 2 N–H and O–H groups in total. The van der Waals surface area contributed by atoms with Gasteiger partial charge in [-0.25, -0.2) is 13.6 Å². The monoisotopic (exact) mass is 491 g/mol. The number of carbonyl (C=O) groups excluding carboxylic acids is 1. The SMILES string of the molecule is O=C(O)C(c1c(F)cccc1F)N1CCCC(NC(=O)n2nc(-c3ccncc3)c3ccccc32)C1. The Bertz CT molecular complexity index is 1410. The lowest BCUT2D eigenvalue weighted by Crippen LogP contribution is -2.51. The van der Waals surface area contributed by atoms with E-state index in [1.54, 1.807) is 18.5 Å². The highest BCUT2D eigenvalue weighted by atomic mass is 19.1. The number of aliphatic carboxylic acids is 1. The van der Waals surface area contributed by atoms with Gasteiger partial charge in [-0.05, 0) is 49.7 Å². The van der Waals surface area contributed by atoms with Crippen molar-refractivity contribution in [1.82, 2.24) is 25.0 Å². The summed E-state index contributed by atoms with van der Waals surface area (Å²) in [5, 5.41) is 18.1. The van der Waals surface area contributed by atoms with Gasteiger partial charge >= 0.3 is 12.0 Å². The number of likely N-dealkylation sites (tertiary alicyclic amines) is 1. The van der Waals surface area contributed by atoms with Gasteiger partial charge in [-0.2, -0.15) is 9.78 Å². The molecular weight excluding hydrogens is 468 g/mol. The van der Waals surface area contributed by atoms with E-state index >= 15 is 0 Å². The summed E-state index contributed by atoms with van der Waals surface area (Å²) in [5.74, 6) is -3.19. The van der Waals surface area contributed by atoms with Crippen molar-refractivity contribution < 1.29 is 23.5 Å². The van der Waals surface area contributed by atoms with Gasteiger partial charge in [0.1, 0.15) is 23.4 Å². The molecular formula is C26H23F2N5O3. The molecule has 36 heavy (non-hydrogen) atoms. The van der Waals surface area contributed by atoms with Crippen molar-refractivity contribution in [1.29, 1.82) is 0 Å². The Hall–Kier alpha value is -4.18. The number of nitrogens with zero attached hydrogens (tertiary/aromatic N) is 4. The van der Waals surface area contributed by atoms with Crippen molar-refractivity contribution in [3.8, 4) is 11.3 Å². The van der Waals surface area contributed by atoms with Crippen molar-refractivity contribution >= 4 is 22.9 Å². The van der Waals surface area contributed by atoms with Gasteiger partial charge in [0, 0.05) is 35.9 Å². The molecule has 0 saturated carbocycles. The number of hydrogen-bond donors (Lipinski definition) is 2. The predicted molar refractivity (Wildman–Crippen MR) is 128 cm³/mol. The summed E-state index contributed by atoms with van der Waals surface area (Å²) < 4.78 is 30.1. The van der Waals surface area contributed by atoms with Crippen molar-refractivity contribution in [3.05, 3.63) is 84.2 Å². The largest absolute Gasteiger partial charge is 0.480 e. The van der Waals surface area contributed by atoms with Crippen LogP contribution < -0.4 is 5.32 Å². The zero-order valence-corrected chi connectivity index (χ0v) is 19.1. The predicted octanol–water partition coefficient (Wildman–Crippen LogP) is 4.22. The van der Waals surface area contributed by atoms with Gasteiger partial charge in [-0.3, -0.25) is 14.7 Å². The van der Waals surface area contributed by atoms with E-state index in [0.717, 1.165) is 23.1 Å². The van der Waals surface area contributed by atoms with E-state index in [1.165, 1.54) is 15.6 Å². The number of piperidine rings is 1. The smallest absolute Gasteiger partial charge is 0.342 e. The average molecular weight is 491 g/mol. The molecule has 184 valence electrons. The molecule has 2 atom stereocenters. The maximum absolute atomic E-state index is 14.4. The number of hydrogen-bond acceptors (Lipinski definition) is 5. The zero-order valence-electron chi connectivity index (χ0n) is 19.1. The van der Waals surface area contributed by atoms with Gasteiger partial charge in [-0.1, -0.05) is 24.3 Å².